The van der Waals surface area contributed by atoms with Crippen LogP contribution in [0, 0.1) is 5.92 Å². The average molecular weight is 369 g/mol. The van der Waals surface area contributed by atoms with Crippen LogP contribution in [0.25, 0.3) is 0 Å². The van der Waals surface area contributed by atoms with E-state index in [2.05, 4.69) is 20.8 Å². The summed E-state index contributed by atoms with van der Waals surface area (Å²) in [5.74, 6) is 0.878. The fourth-order valence-electron chi connectivity index (χ4n) is 3.38. The van der Waals surface area contributed by atoms with E-state index >= 15 is 0 Å². The quantitative estimate of drug-likeness (QED) is 0.160. The molecule has 0 spiro atoms. The van der Waals surface area contributed by atoms with E-state index in [1.165, 1.54) is 96.3 Å². The highest BCUT2D eigenvalue weighted by Gasteiger charge is 2.02. The van der Waals surface area contributed by atoms with Gasteiger partial charge in [-0.15, -0.1) is 0 Å². The molecule has 26 heavy (non-hydrogen) atoms. The standard InChI is InChI=1S/C24H48O2/c1-4-5-6-7-16-19-22-26-24(25)21-18-15-13-11-9-8-10-12-14-17-20-23(2)3/h23H,4-22H2,1-3H3. The molecule has 0 aliphatic heterocycles. The molecule has 156 valence electrons. The van der Waals surface area contributed by atoms with Crippen molar-refractivity contribution in [1.82, 2.24) is 0 Å². The smallest absolute Gasteiger partial charge is 0.305 e. The largest absolute Gasteiger partial charge is 0.466 e. The van der Waals surface area contributed by atoms with Gasteiger partial charge in [0, 0.05) is 6.42 Å². The summed E-state index contributed by atoms with van der Waals surface area (Å²) in [7, 11) is 0. The Bertz CT molecular complexity index is 286. The number of esters is 1. The number of carbonyl (C=O) groups is 1. The Morgan fingerprint density at radius 2 is 1.12 bits per heavy atom. The van der Waals surface area contributed by atoms with E-state index in [1.54, 1.807) is 0 Å². The van der Waals surface area contributed by atoms with Crippen molar-refractivity contribution in [2.24, 2.45) is 5.92 Å². The second-order valence-corrected chi connectivity index (χ2v) is 8.46. The van der Waals surface area contributed by atoms with Crippen molar-refractivity contribution in [3.63, 3.8) is 0 Å². The average Bonchev–Trinajstić information content (AvgIpc) is 2.61. The Labute approximate surface area is 164 Å². The fraction of sp³-hybridized carbons (Fsp3) is 0.958. The van der Waals surface area contributed by atoms with Crippen molar-refractivity contribution in [1.29, 1.82) is 0 Å². The van der Waals surface area contributed by atoms with Gasteiger partial charge in [0.15, 0.2) is 0 Å². The minimum Gasteiger partial charge on any atom is -0.466 e. The maximum absolute atomic E-state index is 11.7. The summed E-state index contributed by atoms with van der Waals surface area (Å²) in [6.07, 6.45) is 22.7. The lowest BCUT2D eigenvalue weighted by molar-refractivity contribution is -0.143. The van der Waals surface area contributed by atoms with E-state index in [-0.39, 0.29) is 5.97 Å². The van der Waals surface area contributed by atoms with Crippen LogP contribution in [-0.4, -0.2) is 12.6 Å². The molecule has 0 aliphatic rings. The van der Waals surface area contributed by atoms with Crippen molar-refractivity contribution >= 4 is 5.97 Å². The first-order chi connectivity index (χ1) is 12.7. The third-order valence-electron chi connectivity index (χ3n) is 5.17. The summed E-state index contributed by atoms with van der Waals surface area (Å²) >= 11 is 0. The monoisotopic (exact) mass is 368 g/mol. The van der Waals surface area contributed by atoms with Gasteiger partial charge in [0.05, 0.1) is 6.61 Å². The van der Waals surface area contributed by atoms with Crippen LogP contribution < -0.4 is 0 Å². The zero-order chi connectivity index (χ0) is 19.3. The molecule has 0 heterocycles. The zero-order valence-corrected chi connectivity index (χ0v) is 18.3. The molecule has 0 amide bonds. The van der Waals surface area contributed by atoms with Crippen molar-refractivity contribution in [3.05, 3.63) is 0 Å². The highest BCUT2D eigenvalue weighted by Crippen LogP contribution is 2.14. The van der Waals surface area contributed by atoms with Crippen LogP contribution in [-0.2, 0) is 9.53 Å². The van der Waals surface area contributed by atoms with Crippen LogP contribution in [0.4, 0.5) is 0 Å². The lowest BCUT2D eigenvalue weighted by Crippen LogP contribution is -2.05. The highest BCUT2D eigenvalue weighted by atomic mass is 16.5. The van der Waals surface area contributed by atoms with Gasteiger partial charge >= 0.3 is 5.97 Å². The number of rotatable bonds is 20. The topological polar surface area (TPSA) is 26.3 Å². The van der Waals surface area contributed by atoms with E-state index in [1.807, 2.05) is 0 Å². The van der Waals surface area contributed by atoms with Crippen LogP contribution in [0.2, 0.25) is 0 Å². The van der Waals surface area contributed by atoms with Crippen molar-refractivity contribution in [2.45, 2.75) is 136 Å². The first-order valence-corrected chi connectivity index (χ1v) is 11.8. The van der Waals surface area contributed by atoms with Crippen molar-refractivity contribution in [3.8, 4) is 0 Å². The molecule has 0 aromatic carbocycles. The highest BCUT2D eigenvalue weighted by molar-refractivity contribution is 5.69. The van der Waals surface area contributed by atoms with Gasteiger partial charge in [-0.3, -0.25) is 4.79 Å². The number of unbranched alkanes of at least 4 members (excludes halogenated alkanes) is 14. The summed E-state index contributed by atoms with van der Waals surface area (Å²) in [5, 5.41) is 0. The van der Waals surface area contributed by atoms with Crippen LogP contribution in [0.3, 0.4) is 0 Å². The van der Waals surface area contributed by atoms with Gasteiger partial charge in [0.1, 0.15) is 0 Å². The normalized spacial score (nSPS) is 11.2. The zero-order valence-electron chi connectivity index (χ0n) is 18.3. The predicted molar refractivity (Wildman–Crippen MR) is 115 cm³/mol. The molecule has 0 aromatic rings. The molecule has 2 nitrogen and oxygen atoms in total. The molecule has 0 aromatic heterocycles. The summed E-state index contributed by atoms with van der Waals surface area (Å²) in [6.45, 7) is 7.49. The summed E-state index contributed by atoms with van der Waals surface area (Å²) in [4.78, 5) is 11.7. The SMILES string of the molecule is CCCCCCCCOC(=O)CCCCCCCCCCCCC(C)C. The maximum atomic E-state index is 11.7. The summed E-state index contributed by atoms with van der Waals surface area (Å²) < 4.78 is 5.32. The lowest BCUT2D eigenvalue weighted by atomic mass is 10.0. The van der Waals surface area contributed by atoms with E-state index < -0.39 is 0 Å². The third-order valence-corrected chi connectivity index (χ3v) is 5.17. The Hall–Kier alpha value is -0.530. The molecular formula is C24H48O2. The molecule has 0 bridgehead atoms. The van der Waals surface area contributed by atoms with E-state index in [0.717, 1.165) is 18.8 Å². The van der Waals surface area contributed by atoms with Gasteiger partial charge in [0.25, 0.3) is 0 Å². The van der Waals surface area contributed by atoms with Gasteiger partial charge < -0.3 is 4.74 Å². The Balaban J connectivity index is 3.14. The van der Waals surface area contributed by atoms with Gasteiger partial charge in [-0.05, 0) is 18.8 Å². The first-order valence-electron chi connectivity index (χ1n) is 11.8. The molecule has 0 saturated carbocycles. The molecule has 0 fully saturated rings. The lowest BCUT2D eigenvalue weighted by Gasteiger charge is -2.06. The maximum Gasteiger partial charge on any atom is 0.305 e. The van der Waals surface area contributed by atoms with Gasteiger partial charge in [-0.1, -0.05) is 117 Å². The van der Waals surface area contributed by atoms with Crippen molar-refractivity contribution in [2.75, 3.05) is 6.61 Å². The van der Waals surface area contributed by atoms with Crippen LogP contribution in [0.5, 0.6) is 0 Å². The fourth-order valence-corrected chi connectivity index (χ4v) is 3.38. The molecule has 2 heteroatoms. The predicted octanol–water partition coefficient (Wildman–Crippen LogP) is 8.23. The molecular weight excluding hydrogens is 320 g/mol. The molecule has 0 saturated heterocycles. The van der Waals surface area contributed by atoms with Gasteiger partial charge in [-0.2, -0.15) is 0 Å². The molecule has 0 unspecified atom stereocenters. The Kier molecular flexibility index (Phi) is 20.4. The molecule has 0 N–H and O–H groups in total. The van der Waals surface area contributed by atoms with E-state index in [0.29, 0.717) is 13.0 Å². The number of ether oxygens (including phenoxy) is 1. The second kappa shape index (κ2) is 20.8. The van der Waals surface area contributed by atoms with E-state index in [4.69, 9.17) is 4.74 Å². The Morgan fingerprint density at radius 3 is 1.65 bits per heavy atom. The van der Waals surface area contributed by atoms with Crippen molar-refractivity contribution < 1.29 is 9.53 Å². The molecule has 0 atom stereocenters. The third kappa shape index (κ3) is 21.5. The minimum atomic E-state index is 0.0138. The van der Waals surface area contributed by atoms with Crippen LogP contribution in [0.15, 0.2) is 0 Å². The van der Waals surface area contributed by atoms with E-state index in [9.17, 15) is 4.79 Å². The summed E-state index contributed by atoms with van der Waals surface area (Å²) in [6, 6.07) is 0. The summed E-state index contributed by atoms with van der Waals surface area (Å²) in [5.41, 5.74) is 0. The number of carbonyl (C=O) groups excluding carboxylic acids is 1. The van der Waals surface area contributed by atoms with Gasteiger partial charge in [0.2, 0.25) is 0 Å². The molecule has 0 rings (SSSR count). The first kappa shape index (κ1) is 25.5. The second-order valence-electron chi connectivity index (χ2n) is 8.46. The van der Waals surface area contributed by atoms with Crippen LogP contribution in [0.1, 0.15) is 136 Å². The number of hydrogen-bond acceptors (Lipinski definition) is 2. The molecule has 0 aliphatic carbocycles. The Morgan fingerprint density at radius 1 is 0.654 bits per heavy atom. The van der Waals surface area contributed by atoms with Gasteiger partial charge in [-0.25, -0.2) is 0 Å². The van der Waals surface area contributed by atoms with Crippen LogP contribution >= 0.6 is 0 Å². The number of hydrogen-bond donors (Lipinski definition) is 0. The minimum absolute atomic E-state index is 0.0138. The molecule has 0 radical (unpaired) electrons.